The highest BCUT2D eigenvalue weighted by Crippen LogP contribution is 2.13. The fourth-order valence-corrected chi connectivity index (χ4v) is 1.29. The van der Waals surface area contributed by atoms with Gasteiger partial charge in [0.05, 0.1) is 18.1 Å². The maximum atomic E-state index is 13.5. The molecule has 0 saturated carbocycles. The molecule has 1 rings (SSSR count). The average Bonchev–Trinajstić information content (AvgIpc) is 2.14. The van der Waals surface area contributed by atoms with Crippen LogP contribution in [-0.2, 0) is 16.0 Å². The maximum Gasteiger partial charge on any atom is 0.341 e. The lowest BCUT2D eigenvalue weighted by Gasteiger charge is -2.09. The van der Waals surface area contributed by atoms with E-state index in [9.17, 15) is 14.0 Å². The Morgan fingerprint density at radius 2 is 2.06 bits per heavy atom. The highest BCUT2D eigenvalue weighted by atomic mass is 19.1. The van der Waals surface area contributed by atoms with Gasteiger partial charge in [0, 0.05) is 0 Å². The van der Waals surface area contributed by atoms with Crippen molar-refractivity contribution >= 4 is 11.9 Å². The topological polar surface area (TPSA) is 63.6 Å². The van der Waals surface area contributed by atoms with Crippen LogP contribution in [0.1, 0.15) is 29.8 Å². The molecule has 0 radical (unpaired) electrons. The minimum absolute atomic E-state index is 0.187. The van der Waals surface area contributed by atoms with E-state index in [1.165, 1.54) is 12.1 Å². The van der Waals surface area contributed by atoms with Gasteiger partial charge < -0.3 is 9.84 Å². The lowest BCUT2D eigenvalue weighted by Crippen LogP contribution is -2.13. The van der Waals surface area contributed by atoms with Crippen LogP contribution in [0.2, 0.25) is 0 Å². The summed E-state index contributed by atoms with van der Waals surface area (Å²) in [6.45, 7) is 3.32. The van der Waals surface area contributed by atoms with Gasteiger partial charge in [-0.05, 0) is 31.5 Å². The molecule has 92 valence electrons. The van der Waals surface area contributed by atoms with Crippen molar-refractivity contribution in [3.05, 3.63) is 35.1 Å². The molecule has 0 unspecified atom stereocenters. The molecule has 4 nitrogen and oxygen atoms in total. The summed E-state index contributed by atoms with van der Waals surface area (Å²) in [6.07, 6.45) is -0.614. The van der Waals surface area contributed by atoms with Crippen molar-refractivity contribution in [2.24, 2.45) is 0 Å². The Labute approximate surface area is 98.0 Å². The Morgan fingerprint density at radius 3 is 2.53 bits per heavy atom. The van der Waals surface area contributed by atoms with Gasteiger partial charge in [0.15, 0.2) is 0 Å². The lowest BCUT2D eigenvalue weighted by atomic mass is 10.1. The molecule has 0 bridgehead atoms. The number of benzene rings is 1. The van der Waals surface area contributed by atoms with E-state index in [0.717, 1.165) is 6.07 Å². The van der Waals surface area contributed by atoms with E-state index in [-0.39, 0.29) is 18.1 Å². The van der Waals surface area contributed by atoms with Gasteiger partial charge in [-0.15, -0.1) is 0 Å². The van der Waals surface area contributed by atoms with Crippen LogP contribution in [0.3, 0.4) is 0 Å². The van der Waals surface area contributed by atoms with E-state index in [1.54, 1.807) is 13.8 Å². The molecule has 17 heavy (non-hydrogen) atoms. The SMILES string of the molecule is CC(C)OC(=O)c1ccc(CC(=O)O)cc1F. The molecule has 1 N–H and O–H groups in total. The van der Waals surface area contributed by atoms with Crippen molar-refractivity contribution in [3.63, 3.8) is 0 Å². The molecular weight excluding hydrogens is 227 g/mol. The van der Waals surface area contributed by atoms with Crippen LogP contribution in [0, 0.1) is 5.82 Å². The van der Waals surface area contributed by atoms with Crippen molar-refractivity contribution in [2.45, 2.75) is 26.4 Å². The maximum absolute atomic E-state index is 13.5. The Bertz CT molecular complexity index is 440. The number of carbonyl (C=O) groups excluding carboxylic acids is 1. The van der Waals surface area contributed by atoms with Gasteiger partial charge in [0.25, 0.3) is 0 Å². The highest BCUT2D eigenvalue weighted by molar-refractivity contribution is 5.90. The highest BCUT2D eigenvalue weighted by Gasteiger charge is 2.15. The number of rotatable bonds is 4. The normalized spacial score (nSPS) is 10.4. The molecule has 0 amide bonds. The first kappa shape index (κ1) is 13.2. The van der Waals surface area contributed by atoms with E-state index in [1.807, 2.05) is 0 Å². The summed E-state index contributed by atoms with van der Waals surface area (Å²) >= 11 is 0. The van der Waals surface area contributed by atoms with Crippen molar-refractivity contribution < 1.29 is 23.8 Å². The molecular formula is C12H13FO4. The summed E-state index contributed by atoms with van der Waals surface area (Å²) in [5.41, 5.74) is 0.115. The van der Waals surface area contributed by atoms with Crippen molar-refractivity contribution in [3.8, 4) is 0 Å². The van der Waals surface area contributed by atoms with Crippen molar-refractivity contribution in [1.29, 1.82) is 0 Å². The molecule has 0 aliphatic rings. The molecule has 1 aromatic rings. The monoisotopic (exact) mass is 240 g/mol. The molecule has 0 aromatic heterocycles. The minimum Gasteiger partial charge on any atom is -0.481 e. The molecule has 0 aliphatic carbocycles. The number of hydrogen-bond acceptors (Lipinski definition) is 3. The van der Waals surface area contributed by atoms with Crippen molar-refractivity contribution in [2.75, 3.05) is 0 Å². The number of hydrogen-bond donors (Lipinski definition) is 1. The van der Waals surface area contributed by atoms with E-state index < -0.39 is 17.8 Å². The van der Waals surface area contributed by atoms with E-state index in [4.69, 9.17) is 9.84 Å². The summed E-state index contributed by atoms with van der Waals surface area (Å²) in [5, 5.41) is 8.54. The minimum atomic E-state index is -1.05. The zero-order valence-electron chi connectivity index (χ0n) is 9.57. The Morgan fingerprint density at radius 1 is 1.41 bits per heavy atom. The Balaban J connectivity index is 2.89. The standard InChI is InChI=1S/C12H13FO4/c1-7(2)17-12(16)9-4-3-8(5-10(9)13)6-11(14)15/h3-5,7H,6H2,1-2H3,(H,14,15). The van der Waals surface area contributed by atoms with Gasteiger partial charge in [-0.3, -0.25) is 4.79 Å². The summed E-state index contributed by atoms with van der Waals surface area (Å²) in [6, 6.07) is 3.66. The van der Waals surface area contributed by atoms with Crippen LogP contribution in [0.4, 0.5) is 4.39 Å². The third-order valence-corrected chi connectivity index (χ3v) is 1.95. The predicted molar refractivity (Wildman–Crippen MR) is 58.3 cm³/mol. The number of carbonyl (C=O) groups is 2. The summed E-state index contributed by atoms with van der Waals surface area (Å²) < 4.78 is 18.4. The van der Waals surface area contributed by atoms with Crippen LogP contribution in [0.15, 0.2) is 18.2 Å². The number of halogens is 1. The Hall–Kier alpha value is -1.91. The fourth-order valence-electron chi connectivity index (χ4n) is 1.29. The van der Waals surface area contributed by atoms with Gasteiger partial charge in [-0.2, -0.15) is 0 Å². The first-order valence-corrected chi connectivity index (χ1v) is 5.11. The third kappa shape index (κ3) is 3.86. The zero-order chi connectivity index (χ0) is 13.0. The van der Waals surface area contributed by atoms with E-state index >= 15 is 0 Å². The summed E-state index contributed by atoms with van der Waals surface area (Å²) in [5.74, 6) is -2.57. The molecule has 1 aromatic carbocycles. The van der Waals surface area contributed by atoms with Crippen LogP contribution >= 0.6 is 0 Å². The van der Waals surface area contributed by atoms with E-state index in [2.05, 4.69) is 0 Å². The lowest BCUT2D eigenvalue weighted by molar-refractivity contribution is -0.136. The van der Waals surface area contributed by atoms with Gasteiger partial charge in [-0.25, -0.2) is 9.18 Å². The smallest absolute Gasteiger partial charge is 0.341 e. The van der Waals surface area contributed by atoms with Crippen LogP contribution in [0.25, 0.3) is 0 Å². The number of carboxylic acid groups (broad SMARTS) is 1. The quantitative estimate of drug-likeness (QED) is 0.818. The first-order chi connectivity index (χ1) is 7.90. The van der Waals surface area contributed by atoms with Crippen LogP contribution in [-0.4, -0.2) is 23.1 Å². The number of aliphatic carboxylic acids is 1. The fraction of sp³-hybridized carbons (Fsp3) is 0.333. The second-order valence-electron chi connectivity index (χ2n) is 3.84. The van der Waals surface area contributed by atoms with Gasteiger partial charge in [0.1, 0.15) is 5.82 Å². The summed E-state index contributed by atoms with van der Waals surface area (Å²) in [7, 11) is 0. The molecule has 0 heterocycles. The largest absolute Gasteiger partial charge is 0.481 e. The van der Waals surface area contributed by atoms with Crippen LogP contribution in [0.5, 0.6) is 0 Å². The first-order valence-electron chi connectivity index (χ1n) is 5.11. The zero-order valence-corrected chi connectivity index (χ0v) is 9.57. The van der Waals surface area contributed by atoms with E-state index in [0.29, 0.717) is 5.56 Å². The summed E-state index contributed by atoms with van der Waals surface area (Å²) in [4.78, 5) is 21.9. The molecule has 0 atom stereocenters. The number of ether oxygens (including phenoxy) is 1. The number of esters is 1. The van der Waals surface area contributed by atoms with Crippen LogP contribution < -0.4 is 0 Å². The van der Waals surface area contributed by atoms with Gasteiger partial charge in [0.2, 0.25) is 0 Å². The predicted octanol–water partition coefficient (Wildman–Crippen LogP) is 2.02. The third-order valence-electron chi connectivity index (χ3n) is 1.95. The second kappa shape index (κ2) is 5.43. The number of carboxylic acids is 1. The Kier molecular flexibility index (Phi) is 4.20. The molecule has 5 heteroatoms. The second-order valence-corrected chi connectivity index (χ2v) is 3.84. The average molecular weight is 240 g/mol. The van der Waals surface area contributed by atoms with Gasteiger partial charge >= 0.3 is 11.9 Å². The van der Waals surface area contributed by atoms with Crippen molar-refractivity contribution in [1.82, 2.24) is 0 Å². The molecule has 0 spiro atoms. The molecule has 0 aliphatic heterocycles. The molecule has 0 fully saturated rings. The van der Waals surface area contributed by atoms with Gasteiger partial charge in [-0.1, -0.05) is 6.07 Å². The molecule has 0 saturated heterocycles.